The smallest absolute Gasteiger partial charge is 0.220 e. The van der Waals surface area contributed by atoms with Gasteiger partial charge in [0.25, 0.3) is 0 Å². The van der Waals surface area contributed by atoms with E-state index >= 15 is 0 Å². The largest absolute Gasteiger partial charge is 0.316 e. The average Bonchev–Trinajstić information content (AvgIpc) is 2.64. The molecule has 2 nitrogen and oxygen atoms in total. The maximum atomic E-state index is 7.38. The van der Waals surface area contributed by atoms with Gasteiger partial charge in [-0.15, -0.1) is 0 Å². The minimum Gasteiger partial charge on any atom is -0.316 e. The van der Waals surface area contributed by atoms with E-state index in [1.165, 1.54) is 16.7 Å². The van der Waals surface area contributed by atoms with Crippen LogP contribution in [-0.2, 0) is 6.54 Å². The Balaban J connectivity index is 1.62. The van der Waals surface area contributed by atoms with Crippen LogP contribution in [0.4, 0.5) is 0 Å². The SMILES string of the molecule is [C-]#[N+]CC1(C(C)(C)C)CCN(Cc2ccc(-c3ccc(Cl)cc3)cc2)CC1. The molecule has 1 heterocycles. The number of piperidine rings is 1. The molecule has 2 aromatic rings. The first-order valence-corrected chi connectivity index (χ1v) is 10.1. The molecule has 1 fully saturated rings. The van der Waals surface area contributed by atoms with E-state index in [1.54, 1.807) is 0 Å². The Morgan fingerprint density at radius 2 is 1.48 bits per heavy atom. The number of nitrogens with zero attached hydrogens (tertiary/aromatic N) is 2. The van der Waals surface area contributed by atoms with E-state index in [4.69, 9.17) is 18.2 Å². The third kappa shape index (κ3) is 4.54. The second kappa shape index (κ2) is 8.05. The zero-order valence-corrected chi connectivity index (χ0v) is 17.4. The van der Waals surface area contributed by atoms with Crippen molar-refractivity contribution in [3.05, 3.63) is 70.5 Å². The molecular formula is C24H29ClN2. The van der Waals surface area contributed by atoms with Crippen LogP contribution in [0.1, 0.15) is 39.2 Å². The van der Waals surface area contributed by atoms with Gasteiger partial charge in [-0.3, -0.25) is 4.90 Å². The summed E-state index contributed by atoms with van der Waals surface area (Å²) in [5.74, 6) is 0. The maximum Gasteiger partial charge on any atom is 0.220 e. The van der Waals surface area contributed by atoms with E-state index in [9.17, 15) is 0 Å². The molecule has 0 bridgehead atoms. The fourth-order valence-corrected chi connectivity index (χ4v) is 4.26. The molecule has 142 valence electrons. The third-order valence-electron chi connectivity index (χ3n) is 6.32. The molecule has 2 aromatic carbocycles. The number of hydrogen-bond acceptors (Lipinski definition) is 1. The van der Waals surface area contributed by atoms with Crippen molar-refractivity contribution in [3.8, 4) is 11.1 Å². The van der Waals surface area contributed by atoms with Crippen molar-refractivity contribution >= 4 is 11.6 Å². The highest BCUT2D eigenvalue weighted by molar-refractivity contribution is 6.30. The van der Waals surface area contributed by atoms with Crippen LogP contribution in [0.3, 0.4) is 0 Å². The summed E-state index contributed by atoms with van der Waals surface area (Å²) in [6.07, 6.45) is 2.23. The minimum atomic E-state index is 0.156. The molecule has 0 aromatic heterocycles. The van der Waals surface area contributed by atoms with Crippen LogP contribution < -0.4 is 0 Å². The minimum absolute atomic E-state index is 0.156. The first kappa shape index (κ1) is 19.9. The Morgan fingerprint density at radius 1 is 0.963 bits per heavy atom. The lowest BCUT2D eigenvalue weighted by Crippen LogP contribution is -2.47. The molecule has 0 aliphatic carbocycles. The van der Waals surface area contributed by atoms with Crippen LogP contribution in [0.2, 0.25) is 5.02 Å². The van der Waals surface area contributed by atoms with Crippen LogP contribution in [0.5, 0.6) is 0 Å². The van der Waals surface area contributed by atoms with Gasteiger partial charge < -0.3 is 4.85 Å². The maximum absolute atomic E-state index is 7.38. The quantitative estimate of drug-likeness (QED) is 0.545. The molecule has 0 N–H and O–H groups in total. The highest BCUT2D eigenvalue weighted by Crippen LogP contribution is 2.47. The fourth-order valence-electron chi connectivity index (χ4n) is 4.14. The van der Waals surface area contributed by atoms with Gasteiger partial charge >= 0.3 is 0 Å². The number of hydrogen-bond donors (Lipinski definition) is 0. The summed E-state index contributed by atoms with van der Waals surface area (Å²) in [5, 5.41) is 0.769. The van der Waals surface area contributed by atoms with Crippen LogP contribution in [0.25, 0.3) is 16.0 Å². The van der Waals surface area contributed by atoms with Gasteiger partial charge in [-0.2, -0.15) is 0 Å². The summed E-state index contributed by atoms with van der Waals surface area (Å²) < 4.78 is 0. The second-order valence-corrected chi connectivity index (χ2v) is 9.26. The third-order valence-corrected chi connectivity index (χ3v) is 6.58. The van der Waals surface area contributed by atoms with Crippen molar-refractivity contribution < 1.29 is 0 Å². The lowest BCUT2D eigenvalue weighted by atomic mass is 9.61. The molecule has 0 saturated carbocycles. The topological polar surface area (TPSA) is 7.60 Å². The number of rotatable bonds is 4. The summed E-state index contributed by atoms with van der Waals surface area (Å²) in [6.45, 7) is 18.1. The summed E-state index contributed by atoms with van der Waals surface area (Å²) in [7, 11) is 0. The van der Waals surface area contributed by atoms with Crippen molar-refractivity contribution in [2.45, 2.75) is 40.2 Å². The zero-order valence-electron chi connectivity index (χ0n) is 16.6. The van der Waals surface area contributed by atoms with Gasteiger partial charge in [0, 0.05) is 17.0 Å². The predicted octanol–water partition coefficient (Wildman–Crippen LogP) is 6.55. The fraction of sp³-hybridized carbons (Fsp3) is 0.458. The van der Waals surface area contributed by atoms with Crippen molar-refractivity contribution in [1.29, 1.82) is 0 Å². The number of halogens is 1. The van der Waals surface area contributed by atoms with Gasteiger partial charge in [0.2, 0.25) is 6.54 Å². The molecule has 1 aliphatic rings. The Hall–Kier alpha value is -1.82. The summed E-state index contributed by atoms with van der Waals surface area (Å²) in [4.78, 5) is 6.31. The zero-order chi connectivity index (χ0) is 19.5. The van der Waals surface area contributed by atoms with Crippen molar-refractivity contribution in [1.82, 2.24) is 4.90 Å². The van der Waals surface area contributed by atoms with Gasteiger partial charge in [-0.1, -0.05) is 68.8 Å². The Bertz CT molecular complexity index is 786. The Labute approximate surface area is 169 Å². The van der Waals surface area contributed by atoms with E-state index < -0.39 is 0 Å². The highest BCUT2D eigenvalue weighted by Gasteiger charge is 2.46. The van der Waals surface area contributed by atoms with Crippen LogP contribution in [0, 0.1) is 17.4 Å². The molecule has 0 unspecified atom stereocenters. The monoisotopic (exact) mass is 380 g/mol. The van der Waals surface area contributed by atoms with Gasteiger partial charge in [0.05, 0.1) is 0 Å². The van der Waals surface area contributed by atoms with E-state index in [0.717, 1.165) is 37.5 Å². The van der Waals surface area contributed by atoms with Crippen molar-refractivity contribution in [3.63, 3.8) is 0 Å². The molecule has 0 atom stereocenters. The first-order valence-electron chi connectivity index (χ1n) is 9.73. The summed E-state index contributed by atoms with van der Waals surface area (Å²) in [6, 6.07) is 16.8. The summed E-state index contributed by atoms with van der Waals surface area (Å²) >= 11 is 5.98. The van der Waals surface area contributed by atoms with E-state index in [2.05, 4.69) is 66.9 Å². The molecule has 3 heteroatoms. The van der Waals surface area contributed by atoms with Gasteiger partial charge in [0.15, 0.2) is 0 Å². The molecule has 1 saturated heterocycles. The lowest BCUT2D eigenvalue weighted by molar-refractivity contribution is 0.0173. The normalized spacial score (nSPS) is 17.4. The molecule has 0 amide bonds. The van der Waals surface area contributed by atoms with E-state index in [0.29, 0.717) is 6.54 Å². The van der Waals surface area contributed by atoms with Gasteiger partial charge in [-0.25, -0.2) is 6.57 Å². The Kier molecular flexibility index (Phi) is 5.94. The first-order chi connectivity index (χ1) is 12.8. The highest BCUT2D eigenvalue weighted by atomic mass is 35.5. The molecule has 3 rings (SSSR count). The standard InChI is InChI=1S/C24H29ClN2/c1-23(2,3)24(18-26-4)13-15-27(16-14-24)17-19-5-7-20(8-6-19)21-9-11-22(25)12-10-21/h5-12H,13-18H2,1-3H3. The summed E-state index contributed by atoms with van der Waals surface area (Å²) in [5.41, 5.74) is 4.10. The van der Waals surface area contributed by atoms with Crippen molar-refractivity contribution in [2.75, 3.05) is 19.6 Å². The van der Waals surface area contributed by atoms with Crippen LogP contribution >= 0.6 is 11.6 Å². The van der Waals surface area contributed by atoms with Crippen molar-refractivity contribution in [2.24, 2.45) is 10.8 Å². The van der Waals surface area contributed by atoms with Crippen LogP contribution in [-0.4, -0.2) is 24.5 Å². The van der Waals surface area contributed by atoms with Crippen LogP contribution in [0.15, 0.2) is 48.5 Å². The molecule has 1 aliphatic heterocycles. The molecule has 0 spiro atoms. The van der Waals surface area contributed by atoms with E-state index in [-0.39, 0.29) is 10.8 Å². The average molecular weight is 381 g/mol. The molecular weight excluding hydrogens is 352 g/mol. The lowest BCUT2D eigenvalue weighted by Gasteiger charge is -2.46. The van der Waals surface area contributed by atoms with E-state index in [1.807, 2.05) is 12.1 Å². The molecule has 27 heavy (non-hydrogen) atoms. The number of likely N-dealkylation sites (tertiary alicyclic amines) is 1. The van der Waals surface area contributed by atoms with Gasteiger partial charge in [-0.05, 0) is 60.2 Å². The Morgan fingerprint density at radius 3 is 1.96 bits per heavy atom. The second-order valence-electron chi connectivity index (χ2n) is 8.83. The van der Waals surface area contributed by atoms with Gasteiger partial charge in [0.1, 0.15) is 0 Å². The predicted molar refractivity (Wildman–Crippen MR) is 115 cm³/mol. The number of benzene rings is 2. The molecule has 0 radical (unpaired) electrons.